The summed E-state index contributed by atoms with van der Waals surface area (Å²) in [4.78, 5) is 24.4. The number of carbonyl (C=O) groups is 1. The minimum atomic E-state index is -3.81. The highest BCUT2D eigenvalue weighted by Crippen LogP contribution is 2.28. The standard InChI is InChI=1S/C20H29N3O5S/c24-20(11-4-8-17-6-2-1-3-7-17)21-12-14-22(15-13-21)29(27,28)19-10-5-9-18(16-19)23(25)26/h5,9-10,16-17H,1-4,6-8,11-15H2. The van der Waals surface area contributed by atoms with E-state index < -0.39 is 14.9 Å². The van der Waals surface area contributed by atoms with Gasteiger partial charge in [-0.2, -0.15) is 4.31 Å². The van der Waals surface area contributed by atoms with Gasteiger partial charge in [-0.05, 0) is 24.8 Å². The zero-order valence-corrected chi connectivity index (χ0v) is 17.5. The van der Waals surface area contributed by atoms with Gasteiger partial charge in [0.15, 0.2) is 0 Å². The van der Waals surface area contributed by atoms with E-state index in [2.05, 4.69) is 0 Å². The van der Waals surface area contributed by atoms with Gasteiger partial charge in [-0.1, -0.05) is 38.2 Å². The first-order chi connectivity index (χ1) is 13.9. The van der Waals surface area contributed by atoms with Crippen molar-refractivity contribution < 1.29 is 18.1 Å². The van der Waals surface area contributed by atoms with Crippen LogP contribution < -0.4 is 0 Å². The van der Waals surface area contributed by atoms with Crippen molar-refractivity contribution >= 4 is 21.6 Å². The highest BCUT2D eigenvalue weighted by Gasteiger charge is 2.30. The molecule has 2 aliphatic rings. The summed E-state index contributed by atoms with van der Waals surface area (Å²) in [6.07, 6.45) is 9.03. The minimum absolute atomic E-state index is 0.0843. The highest BCUT2D eigenvalue weighted by atomic mass is 32.2. The van der Waals surface area contributed by atoms with Gasteiger partial charge in [0, 0.05) is 44.7 Å². The van der Waals surface area contributed by atoms with E-state index in [0.29, 0.717) is 19.5 Å². The number of nitro groups is 1. The Bertz CT molecular complexity index is 828. The Kier molecular flexibility index (Phi) is 7.23. The Balaban J connectivity index is 1.49. The molecule has 9 heteroatoms. The van der Waals surface area contributed by atoms with E-state index in [4.69, 9.17) is 0 Å². The van der Waals surface area contributed by atoms with Crippen molar-refractivity contribution in [2.75, 3.05) is 26.2 Å². The number of nitrogens with zero attached hydrogens (tertiary/aromatic N) is 3. The molecule has 0 aromatic heterocycles. The predicted molar refractivity (Wildman–Crippen MR) is 109 cm³/mol. The van der Waals surface area contributed by atoms with E-state index >= 15 is 0 Å². The summed E-state index contributed by atoms with van der Waals surface area (Å²) in [5.41, 5.74) is -0.252. The van der Waals surface area contributed by atoms with Crippen LogP contribution in [0.5, 0.6) is 0 Å². The number of hydrogen-bond acceptors (Lipinski definition) is 5. The molecule has 1 aromatic rings. The van der Waals surface area contributed by atoms with Gasteiger partial charge in [0.25, 0.3) is 5.69 Å². The Morgan fingerprint density at radius 3 is 2.45 bits per heavy atom. The van der Waals surface area contributed by atoms with Crippen molar-refractivity contribution in [2.45, 2.75) is 56.3 Å². The molecule has 0 spiro atoms. The van der Waals surface area contributed by atoms with Crippen LogP contribution in [0.25, 0.3) is 0 Å². The van der Waals surface area contributed by atoms with Crippen LogP contribution in [0.1, 0.15) is 51.4 Å². The second-order valence-corrected chi connectivity index (χ2v) is 9.87. The second-order valence-electron chi connectivity index (χ2n) is 7.94. The first-order valence-corrected chi connectivity index (χ1v) is 11.8. The molecule has 0 radical (unpaired) electrons. The molecule has 1 aromatic carbocycles. The average molecular weight is 424 g/mol. The van der Waals surface area contributed by atoms with Crippen LogP contribution in [0.2, 0.25) is 0 Å². The zero-order chi connectivity index (χ0) is 20.9. The molecule has 160 valence electrons. The summed E-state index contributed by atoms with van der Waals surface area (Å²) in [6.45, 7) is 1.13. The van der Waals surface area contributed by atoms with Crippen LogP contribution in [0, 0.1) is 16.0 Å². The molecule has 3 rings (SSSR count). The third kappa shape index (κ3) is 5.54. The number of sulfonamides is 1. The molecule has 1 aliphatic heterocycles. The number of carbonyl (C=O) groups excluding carboxylic acids is 1. The van der Waals surface area contributed by atoms with Crippen LogP contribution in [-0.4, -0.2) is 54.6 Å². The summed E-state index contributed by atoms with van der Waals surface area (Å²) in [5, 5.41) is 10.9. The van der Waals surface area contributed by atoms with Gasteiger partial charge in [0.2, 0.25) is 15.9 Å². The predicted octanol–water partition coefficient (Wildman–Crippen LogP) is 3.18. The number of rotatable bonds is 7. The number of amides is 1. The summed E-state index contributed by atoms with van der Waals surface area (Å²) >= 11 is 0. The van der Waals surface area contributed by atoms with Crippen LogP contribution in [0.4, 0.5) is 5.69 Å². The summed E-state index contributed by atoms with van der Waals surface area (Å²) < 4.78 is 26.9. The second kappa shape index (κ2) is 9.67. The van der Waals surface area contributed by atoms with Crippen LogP contribution in [0.3, 0.4) is 0 Å². The van der Waals surface area contributed by atoms with Gasteiger partial charge in [0.1, 0.15) is 0 Å². The highest BCUT2D eigenvalue weighted by molar-refractivity contribution is 7.89. The summed E-state index contributed by atoms with van der Waals surface area (Å²) in [5.74, 6) is 0.849. The molecular formula is C20H29N3O5S. The van der Waals surface area contributed by atoms with Gasteiger partial charge in [-0.3, -0.25) is 14.9 Å². The van der Waals surface area contributed by atoms with Crippen LogP contribution in [-0.2, 0) is 14.8 Å². The van der Waals surface area contributed by atoms with Crippen LogP contribution >= 0.6 is 0 Å². The maximum absolute atomic E-state index is 12.8. The molecule has 0 atom stereocenters. The van der Waals surface area contributed by atoms with E-state index in [1.165, 1.54) is 54.6 Å². The number of hydrogen-bond donors (Lipinski definition) is 0. The lowest BCUT2D eigenvalue weighted by Gasteiger charge is -2.34. The van der Waals surface area contributed by atoms with Gasteiger partial charge in [-0.25, -0.2) is 8.42 Å². The average Bonchev–Trinajstić information content (AvgIpc) is 2.74. The molecule has 0 bridgehead atoms. The van der Waals surface area contributed by atoms with E-state index in [1.807, 2.05) is 0 Å². The lowest BCUT2D eigenvalue weighted by Crippen LogP contribution is -2.50. The fourth-order valence-electron chi connectivity index (χ4n) is 4.26. The van der Waals surface area contributed by atoms with E-state index in [1.54, 1.807) is 4.90 Å². The molecular weight excluding hydrogens is 394 g/mol. The van der Waals surface area contributed by atoms with Crippen molar-refractivity contribution in [3.05, 3.63) is 34.4 Å². The number of nitro benzene ring substituents is 1. The van der Waals surface area contributed by atoms with Gasteiger partial charge >= 0.3 is 0 Å². The lowest BCUT2D eigenvalue weighted by atomic mass is 9.86. The Morgan fingerprint density at radius 2 is 1.79 bits per heavy atom. The first kappa shape index (κ1) is 21.7. The lowest BCUT2D eigenvalue weighted by molar-refractivity contribution is -0.385. The van der Waals surface area contributed by atoms with Gasteiger partial charge in [0.05, 0.1) is 9.82 Å². The minimum Gasteiger partial charge on any atom is -0.340 e. The first-order valence-electron chi connectivity index (χ1n) is 10.4. The van der Waals surface area contributed by atoms with Crippen molar-refractivity contribution in [3.8, 4) is 0 Å². The molecule has 1 saturated carbocycles. The Hall–Kier alpha value is -2.00. The number of piperazine rings is 1. The number of non-ortho nitro benzene ring substituents is 1. The van der Waals surface area contributed by atoms with E-state index in [0.717, 1.165) is 24.8 Å². The molecule has 29 heavy (non-hydrogen) atoms. The third-order valence-electron chi connectivity index (χ3n) is 5.99. The maximum Gasteiger partial charge on any atom is 0.270 e. The van der Waals surface area contributed by atoms with Crippen molar-refractivity contribution in [3.63, 3.8) is 0 Å². The smallest absolute Gasteiger partial charge is 0.270 e. The number of benzene rings is 1. The van der Waals surface area contributed by atoms with Gasteiger partial charge in [-0.15, -0.1) is 0 Å². The summed E-state index contributed by atoms with van der Waals surface area (Å²) in [6, 6.07) is 5.09. The maximum atomic E-state index is 12.8. The van der Waals surface area contributed by atoms with Crippen molar-refractivity contribution in [2.24, 2.45) is 5.92 Å². The summed E-state index contributed by atoms with van der Waals surface area (Å²) in [7, 11) is -3.81. The fraction of sp³-hybridized carbons (Fsp3) is 0.650. The molecule has 1 aliphatic carbocycles. The molecule has 8 nitrogen and oxygen atoms in total. The molecule has 0 unspecified atom stereocenters. The van der Waals surface area contributed by atoms with E-state index in [9.17, 15) is 23.3 Å². The normalized spacial score (nSPS) is 19.2. The van der Waals surface area contributed by atoms with Gasteiger partial charge < -0.3 is 4.90 Å². The Morgan fingerprint density at radius 1 is 1.10 bits per heavy atom. The molecule has 1 heterocycles. The van der Waals surface area contributed by atoms with Crippen molar-refractivity contribution in [1.82, 2.24) is 9.21 Å². The Labute approximate surface area is 172 Å². The molecule has 2 fully saturated rings. The quantitative estimate of drug-likeness (QED) is 0.495. The zero-order valence-electron chi connectivity index (χ0n) is 16.7. The monoisotopic (exact) mass is 423 g/mol. The molecule has 1 saturated heterocycles. The molecule has 0 N–H and O–H groups in total. The topological polar surface area (TPSA) is 101 Å². The van der Waals surface area contributed by atoms with Crippen molar-refractivity contribution in [1.29, 1.82) is 0 Å². The van der Waals surface area contributed by atoms with Crippen LogP contribution in [0.15, 0.2) is 29.2 Å². The van der Waals surface area contributed by atoms with E-state index in [-0.39, 0.29) is 29.6 Å². The molecule has 1 amide bonds. The third-order valence-corrected chi connectivity index (χ3v) is 7.88. The largest absolute Gasteiger partial charge is 0.340 e. The fourth-order valence-corrected chi connectivity index (χ4v) is 5.72. The SMILES string of the molecule is O=C(CCCC1CCCCC1)N1CCN(S(=O)(=O)c2cccc([N+](=O)[O-])c2)CC1.